The number of nitrogens with one attached hydrogen (secondary N) is 1. The fraction of sp³-hybridized carbons (Fsp3) is 0.733. The summed E-state index contributed by atoms with van der Waals surface area (Å²) in [4.78, 5) is 9.45. The molecule has 116 valence electrons. The third-order valence-electron chi connectivity index (χ3n) is 4.28. The molecular weight excluding hydrogens is 266 g/mol. The minimum Gasteiger partial charge on any atom is -0.364 e. The zero-order valence-corrected chi connectivity index (χ0v) is 13.0. The Hall–Kier alpha value is -1.56. The first-order valence-corrected chi connectivity index (χ1v) is 7.93. The molecule has 1 aliphatic heterocycles. The molecule has 0 spiro atoms. The Morgan fingerprint density at radius 3 is 2.76 bits per heavy atom. The van der Waals surface area contributed by atoms with E-state index in [0.717, 1.165) is 56.8 Å². The molecule has 2 atom stereocenters. The van der Waals surface area contributed by atoms with Gasteiger partial charge in [0.15, 0.2) is 5.96 Å². The van der Waals surface area contributed by atoms with Crippen molar-refractivity contribution in [3.05, 3.63) is 18.0 Å². The lowest BCUT2D eigenvalue weighted by Crippen LogP contribution is -2.52. The fourth-order valence-electron chi connectivity index (χ4n) is 2.74. The van der Waals surface area contributed by atoms with Gasteiger partial charge >= 0.3 is 0 Å². The Labute approximate surface area is 126 Å². The van der Waals surface area contributed by atoms with Crippen LogP contribution in [-0.2, 0) is 6.54 Å². The maximum absolute atomic E-state index is 4.89. The smallest absolute Gasteiger partial charge is 0.194 e. The van der Waals surface area contributed by atoms with Crippen molar-refractivity contribution in [3.8, 4) is 0 Å². The van der Waals surface area contributed by atoms with Crippen molar-refractivity contribution in [2.75, 3.05) is 32.7 Å². The van der Waals surface area contributed by atoms with Gasteiger partial charge in [-0.1, -0.05) is 12.1 Å². The minimum absolute atomic E-state index is 0.628. The number of aromatic nitrogens is 1. The van der Waals surface area contributed by atoms with Crippen LogP contribution >= 0.6 is 0 Å². The van der Waals surface area contributed by atoms with Crippen molar-refractivity contribution in [2.45, 2.75) is 32.9 Å². The van der Waals surface area contributed by atoms with Gasteiger partial charge in [-0.25, -0.2) is 0 Å². The average molecular weight is 291 g/mol. The van der Waals surface area contributed by atoms with E-state index in [4.69, 9.17) is 4.52 Å². The zero-order valence-electron chi connectivity index (χ0n) is 13.0. The highest BCUT2D eigenvalue weighted by Crippen LogP contribution is 2.29. The number of aliphatic imine (C=N–C) groups is 1. The van der Waals surface area contributed by atoms with E-state index >= 15 is 0 Å². The number of piperazine rings is 1. The number of rotatable bonds is 4. The van der Waals surface area contributed by atoms with Crippen molar-refractivity contribution in [1.82, 2.24) is 20.3 Å². The first-order valence-electron chi connectivity index (χ1n) is 7.93. The monoisotopic (exact) mass is 291 g/mol. The normalized spacial score (nSPS) is 27.0. The predicted octanol–water partition coefficient (Wildman–Crippen LogP) is 1.17. The molecular formula is C15H25N5O. The summed E-state index contributed by atoms with van der Waals surface area (Å²) in [5.74, 6) is 1.88. The van der Waals surface area contributed by atoms with Gasteiger partial charge in [-0.3, -0.25) is 9.89 Å². The molecule has 1 aromatic rings. The highest BCUT2D eigenvalue weighted by molar-refractivity contribution is 5.80. The fourth-order valence-corrected chi connectivity index (χ4v) is 2.74. The molecule has 1 saturated carbocycles. The van der Waals surface area contributed by atoms with E-state index in [-0.39, 0.29) is 0 Å². The van der Waals surface area contributed by atoms with Gasteiger partial charge in [-0.05, 0) is 19.3 Å². The Kier molecular flexibility index (Phi) is 4.43. The predicted molar refractivity (Wildman–Crippen MR) is 82.0 cm³/mol. The van der Waals surface area contributed by atoms with Gasteiger partial charge in [-0.2, -0.15) is 0 Å². The standard InChI is InChI=1S/C15H25N5O/c1-3-16-15(17-14-10-12(14)2)20-7-5-19(6-8-20)11-13-4-9-21-18-13/h4,9,12,14H,3,5-8,10-11H2,1-2H3,(H,16,17). The summed E-state index contributed by atoms with van der Waals surface area (Å²) >= 11 is 0. The van der Waals surface area contributed by atoms with Crippen LogP contribution in [0.1, 0.15) is 26.0 Å². The number of hydrogen-bond donors (Lipinski definition) is 1. The van der Waals surface area contributed by atoms with E-state index < -0.39 is 0 Å². The molecule has 3 rings (SSSR count). The molecule has 0 radical (unpaired) electrons. The van der Waals surface area contributed by atoms with E-state index in [1.54, 1.807) is 6.26 Å². The molecule has 2 aliphatic rings. The second-order valence-electron chi connectivity index (χ2n) is 6.02. The Morgan fingerprint density at radius 1 is 1.43 bits per heavy atom. The van der Waals surface area contributed by atoms with Crippen LogP contribution in [0, 0.1) is 5.92 Å². The summed E-state index contributed by atoms with van der Waals surface area (Å²) in [6.45, 7) is 10.2. The van der Waals surface area contributed by atoms with E-state index in [0.29, 0.717) is 6.04 Å². The summed E-state index contributed by atoms with van der Waals surface area (Å²) < 4.78 is 4.89. The number of hydrogen-bond acceptors (Lipinski definition) is 4. The number of nitrogens with zero attached hydrogens (tertiary/aromatic N) is 4. The zero-order chi connectivity index (χ0) is 14.7. The molecule has 0 bridgehead atoms. The third kappa shape index (κ3) is 3.75. The van der Waals surface area contributed by atoms with E-state index in [1.165, 1.54) is 6.42 Å². The van der Waals surface area contributed by atoms with Gasteiger partial charge in [0.1, 0.15) is 6.26 Å². The summed E-state index contributed by atoms with van der Waals surface area (Å²) in [5, 5.41) is 7.59. The van der Waals surface area contributed by atoms with Crippen LogP contribution in [-0.4, -0.2) is 59.7 Å². The maximum atomic E-state index is 4.89. The average Bonchev–Trinajstić information content (AvgIpc) is 2.97. The van der Waals surface area contributed by atoms with Gasteiger partial charge in [-0.15, -0.1) is 0 Å². The minimum atomic E-state index is 0.628. The van der Waals surface area contributed by atoms with Crippen LogP contribution in [0.3, 0.4) is 0 Å². The lowest BCUT2D eigenvalue weighted by molar-refractivity contribution is 0.168. The molecule has 6 heteroatoms. The van der Waals surface area contributed by atoms with Gasteiger partial charge in [0.25, 0.3) is 0 Å². The van der Waals surface area contributed by atoms with E-state index in [1.807, 2.05) is 6.07 Å². The molecule has 0 amide bonds. The highest BCUT2D eigenvalue weighted by atomic mass is 16.5. The second-order valence-corrected chi connectivity index (χ2v) is 6.02. The van der Waals surface area contributed by atoms with Crippen LogP contribution in [0.2, 0.25) is 0 Å². The summed E-state index contributed by atoms with van der Waals surface area (Å²) in [5.41, 5.74) is 1.01. The quantitative estimate of drug-likeness (QED) is 0.666. The lowest BCUT2D eigenvalue weighted by Gasteiger charge is -2.36. The van der Waals surface area contributed by atoms with Gasteiger partial charge in [0, 0.05) is 51.4 Å². The molecule has 2 fully saturated rings. The largest absolute Gasteiger partial charge is 0.364 e. The van der Waals surface area contributed by atoms with Crippen LogP contribution in [0.4, 0.5) is 0 Å². The SMILES string of the molecule is CCN=C(NC1CC1C)N1CCN(Cc2ccon2)CC1. The van der Waals surface area contributed by atoms with Crippen molar-refractivity contribution in [2.24, 2.45) is 10.9 Å². The Balaban J connectivity index is 1.50. The van der Waals surface area contributed by atoms with Crippen molar-refractivity contribution in [3.63, 3.8) is 0 Å². The molecule has 0 aromatic carbocycles. The molecule has 1 aliphatic carbocycles. The van der Waals surface area contributed by atoms with Crippen LogP contribution in [0.25, 0.3) is 0 Å². The van der Waals surface area contributed by atoms with E-state index in [2.05, 4.69) is 39.1 Å². The molecule has 21 heavy (non-hydrogen) atoms. The van der Waals surface area contributed by atoms with E-state index in [9.17, 15) is 0 Å². The second kappa shape index (κ2) is 6.47. The molecule has 2 heterocycles. The third-order valence-corrected chi connectivity index (χ3v) is 4.28. The van der Waals surface area contributed by atoms with Crippen LogP contribution < -0.4 is 5.32 Å². The number of guanidine groups is 1. The van der Waals surface area contributed by atoms with Crippen LogP contribution in [0.15, 0.2) is 21.8 Å². The molecule has 2 unspecified atom stereocenters. The lowest BCUT2D eigenvalue weighted by atomic mass is 10.3. The molecule has 1 aromatic heterocycles. The van der Waals surface area contributed by atoms with Crippen molar-refractivity contribution in [1.29, 1.82) is 0 Å². The summed E-state index contributed by atoms with van der Waals surface area (Å²) in [7, 11) is 0. The van der Waals surface area contributed by atoms with Gasteiger partial charge in [0.2, 0.25) is 0 Å². The first-order chi connectivity index (χ1) is 10.3. The molecule has 1 N–H and O–H groups in total. The van der Waals surface area contributed by atoms with Crippen LogP contribution in [0.5, 0.6) is 0 Å². The molecule has 1 saturated heterocycles. The Bertz CT molecular complexity index is 464. The highest BCUT2D eigenvalue weighted by Gasteiger charge is 2.34. The Morgan fingerprint density at radius 2 is 2.19 bits per heavy atom. The topological polar surface area (TPSA) is 56.9 Å². The summed E-state index contributed by atoms with van der Waals surface area (Å²) in [6.07, 6.45) is 2.91. The van der Waals surface area contributed by atoms with Gasteiger partial charge in [0.05, 0.1) is 5.69 Å². The maximum Gasteiger partial charge on any atom is 0.194 e. The van der Waals surface area contributed by atoms with Crippen molar-refractivity contribution < 1.29 is 4.52 Å². The molecule has 6 nitrogen and oxygen atoms in total. The summed E-state index contributed by atoms with van der Waals surface area (Å²) in [6, 6.07) is 2.57. The first kappa shape index (κ1) is 14.4. The van der Waals surface area contributed by atoms with Crippen molar-refractivity contribution >= 4 is 5.96 Å². The van der Waals surface area contributed by atoms with Gasteiger partial charge < -0.3 is 14.7 Å².